The molecule has 3 rings (SSSR count). The Morgan fingerprint density at radius 3 is 2.67 bits per heavy atom. The zero-order valence-electron chi connectivity index (χ0n) is 13.1. The van der Waals surface area contributed by atoms with Gasteiger partial charge in [0, 0.05) is 16.7 Å². The Bertz CT molecular complexity index is 850. The van der Waals surface area contributed by atoms with Gasteiger partial charge in [-0.25, -0.2) is 4.39 Å². The first kappa shape index (κ1) is 16.3. The average Bonchev–Trinajstić information content (AvgIpc) is 3.05. The van der Waals surface area contributed by atoms with Crippen molar-refractivity contribution < 1.29 is 13.5 Å². The zero-order chi connectivity index (χ0) is 17.1. The first-order valence-electron chi connectivity index (χ1n) is 7.23. The van der Waals surface area contributed by atoms with E-state index in [0.29, 0.717) is 34.7 Å². The molecule has 0 aliphatic carbocycles. The SMILES string of the molecule is COc1cc(Cl)c(C)cc1NCc1nnc(-c2ccc(F)cc2)o1. The van der Waals surface area contributed by atoms with Crippen molar-refractivity contribution in [1.82, 2.24) is 10.2 Å². The van der Waals surface area contributed by atoms with E-state index < -0.39 is 0 Å². The van der Waals surface area contributed by atoms with Gasteiger partial charge in [0.1, 0.15) is 11.6 Å². The van der Waals surface area contributed by atoms with Crippen molar-refractivity contribution in [3.8, 4) is 17.2 Å². The average molecular weight is 348 g/mol. The smallest absolute Gasteiger partial charge is 0.247 e. The lowest BCUT2D eigenvalue weighted by molar-refractivity contribution is 0.416. The minimum Gasteiger partial charge on any atom is -0.495 e. The Labute approximate surface area is 143 Å². The van der Waals surface area contributed by atoms with E-state index in [-0.39, 0.29) is 5.82 Å². The van der Waals surface area contributed by atoms with E-state index in [1.807, 2.05) is 13.0 Å². The largest absolute Gasteiger partial charge is 0.495 e. The van der Waals surface area contributed by atoms with Gasteiger partial charge in [-0.15, -0.1) is 10.2 Å². The van der Waals surface area contributed by atoms with Crippen LogP contribution in [0, 0.1) is 12.7 Å². The van der Waals surface area contributed by atoms with Crippen molar-refractivity contribution >= 4 is 17.3 Å². The molecule has 124 valence electrons. The van der Waals surface area contributed by atoms with Gasteiger partial charge in [-0.2, -0.15) is 0 Å². The van der Waals surface area contributed by atoms with Crippen molar-refractivity contribution in [2.24, 2.45) is 0 Å². The molecule has 0 aliphatic heterocycles. The maximum Gasteiger partial charge on any atom is 0.247 e. The monoisotopic (exact) mass is 347 g/mol. The summed E-state index contributed by atoms with van der Waals surface area (Å²) in [5.41, 5.74) is 2.37. The second-order valence-corrected chi connectivity index (χ2v) is 5.57. The number of rotatable bonds is 5. The highest BCUT2D eigenvalue weighted by Crippen LogP contribution is 2.31. The maximum atomic E-state index is 13.0. The molecule has 2 aromatic carbocycles. The Morgan fingerprint density at radius 2 is 1.96 bits per heavy atom. The van der Waals surface area contributed by atoms with Crippen LogP contribution in [-0.4, -0.2) is 17.3 Å². The molecule has 0 bridgehead atoms. The highest BCUT2D eigenvalue weighted by Gasteiger charge is 2.11. The van der Waals surface area contributed by atoms with Crippen LogP contribution in [0.3, 0.4) is 0 Å². The van der Waals surface area contributed by atoms with Crippen LogP contribution in [0.1, 0.15) is 11.5 Å². The van der Waals surface area contributed by atoms with E-state index in [9.17, 15) is 4.39 Å². The van der Waals surface area contributed by atoms with Gasteiger partial charge >= 0.3 is 0 Å². The van der Waals surface area contributed by atoms with Gasteiger partial charge in [0.15, 0.2) is 0 Å². The van der Waals surface area contributed by atoms with Gasteiger partial charge in [0.05, 0.1) is 19.3 Å². The number of hydrogen-bond acceptors (Lipinski definition) is 5. The molecule has 1 aromatic heterocycles. The molecule has 0 aliphatic rings. The van der Waals surface area contributed by atoms with Gasteiger partial charge in [-0.1, -0.05) is 11.6 Å². The number of ether oxygens (including phenoxy) is 1. The molecule has 1 N–H and O–H groups in total. The molecular formula is C17H15ClFN3O2. The molecule has 0 fully saturated rings. The van der Waals surface area contributed by atoms with Crippen molar-refractivity contribution in [1.29, 1.82) is 0 Å². The highest BCUT2D eigenvalue weighted by molar-refractivity contribution is 6.31. The van der Waals surface area contributed by atoms with Crippen LogP contribution in [0.4, 0.5) is 10.1 Å². The van der Waals surface area contributed by atoms with Crippen LogP contribution in [0.5, 0.6) is 5.75 Å². The van der Waals surface area contributed by atoms with Crippen molar-refractivity contribution in [2.75, 3.05) is 12.4 Å². The standard InChI is InChI=1S/C17H15ClFN3O2/c1-10-7-14(15(23-2)8-13(10)18)20-9-16-21-22-17(24-16)11-3-5-12(19)6-4-11/h3-8,20H,9H2,1-2H3. The number of anilines is 1. The number of methoxy groups -OCH3 is 1. The Balaban J connectivity index is 1.74. The lowest BCUT2D eigenvalue weighted by atomic mass is 10.2. The predicted octanol–water partition coefficient (Wildman–Crippen LogP) is 4.46. The van der Waals surface area contributed by atoms with E-state index in [0.717, 1.165) is 11.3 Å². The number of hydrogen-bond donors (Lipinski definition) is 1. The fourth-order valence-electron chi connectivity index (χ4n) is 2.18. The topological polar surface area (TPSA) is 60.2 Å². The third-order valence-corrected chi connectivity index (χ3v) is 3.88. The fraction of sp³-hybridized carbons (Fsp3) is 0.176. The summed E-state index contributed by atoms with van der Waals surface area (Å²) in [6.45, 7) is 2.23. The Hall–Kier alpha value is -2.60. The zero-order valence-corrected chi connectivity index (χ0v) is 13.9. The summed E-state index contributed by atoms with van der Waals surface area (Å²) in [5.74, 6) is 1.06. The first-order valence-corrected chi connectivity index (χ1v) is 7.61. The number of benzene rings is 2. The summed E-state index contributed by atoms with van der Waals surface area (Å²) < 4.78 is 23.8. The quantitative estimate of drug-likeness (QED) is 0.738. The third kappa shape index (κ3) is 3.49. The molecule has 0 radical (unpaired) electrons. The van der Waals surface area contributed by atoms with E-state index in [2.05, 4.69) is 15.5 Å². The van der Waals surface area contributed by atoms with Crippen LogP contribution < -0.4 is 10.1 Å². The Kier molecular flexibility index (Phi) is 4.66. The summed E-state index contributed by atoms with van der Waals surface area (Å²) in [6.07, 6.45) is 0. The third-order valence-electron chi connectivity index (χ3n) is 3.47. The molecule has 0 unspecified atom stereocenters. The van der Waals surface area contributed by atoms with Gasteiger partial charge in [-0.3, -0.25) is 0 Å². The molecule has 0 saturated heterocycles. The molecule has 1 heterocycles. The normalized spacial score (nSPS) is 10.7. The van der Waals surface area contributed by atoms with E-state index >= 15 is 0 Å². The second-order valence-electron chi connectivity index (χ2n) is 5.16. The molecule has 0 spiro atoms. The number of halogens is 2. The van der Waals surface area contributed by atoms with Gasteiger partial charge in [-0.05, 0) is 42.8 Å². The van der Waals surface area contributed by atoms with Gasteiger partial charge in [0.25, 0.3) is 0 Å². The van der Waals surface area contributed by atoms with Crippen molar-refractivity contribution in [2.45, 2.75) is 13.5 Å². The summed E-state index contributed by atoms with van der Waals surface area (Å²) in [7, 11) is 1.57. The predicted molar refractivity (Wildman–Crippen MR) is 89.8 cm³/mol. The van der Waals surface area contributed by atoms with Gasteiger partial charge in [0.2, 0.25) is 11.8 Å². The summed E-state index contributed by atoms with van der Waals surface area (Å²) in [6, 6.07) is 9.50. The summed E-state index contributed by atoms with van der Waals surface area (Å²) in [4.78, 5) is 0. The number of aromatic nitrogens is 2. The minimum absolute atomic E-state index is 0.314. The number of nitrogens with one attached hydrogen (secondary N) is 1. The number of aryl methyl sites for hydroxylation is 1. The molecule has 0 atom stereocenters. The molecule has 7 heteroatoms. The van der Waals surface area contributed by atoms with Crippen LogP contribution in [0.25, 0.3) is 11.5 Å². The van der Waals surface area contributed by atoms with Crippen molar-refractivity contribution in [3.05, 3.63) is 58.7 Å². The lowest BCUT2D eigenvalue weighted by Gasteiger charge is -2.11. The Morgan fingerprint density at radius 1 is 1.21 bits per heavy atom. The molecular weight excluding hydrogens is 333 g/mol. The molecule has 24 heavy (non-hydrogen) atoms. The second kappa shape index (κ2) is 6.88. The minimum atomic E-state index is -0.314. The maximum absolute atomic E-state index is 13.0. The number of nitrogens with zero attached hydrogens (tertiary/aromatic N) is 2. The highest BCUT2D eigenvalue weighted by atomic mass is 35.5. The van der Waals surface area contributed by atoms with E-state index in [1.54, 1.807) is 25.3 Å². The molecule has 0 amide bonds. The van der Waals surface area contributed by atoms with Gasteiger partial charge < -0.3 is 14.5 Å². The fourth-order valence-corrected chi connectivity index (χ4v) is 2.33. The van der Waals surface area contributed by atoms with Crippen LogP contribution in [-0.2, 0) is 6.54 Å². The lowest BCUT2D eigenvalue weighted by Crippen LogP contribution is -2.02. The van der Waals surface area contributed by atoms with Crippen molar-refractivity contribution in [3.63, 3.8) is 0 Å². The van der Waals surface area contributed by atoms with Crippen LogP contribution in [0.2, 0.25) is 5.02 Å². The van der Waals surface area contributed by atoms with E-state index in [4.69, 9.17) is 20.8 Å². The van der Waals surface area contributed by atoms with Crippen LogP contribution >= 0.6 is 11.6 Å². The summed E-state index contributed by atoms with van der Waals surface area (Å²) >= 11 is 6.09. The molecule has 0 saturated carbocycles. The first-order chi connectivity index (χ1) is 11.6. The molecule has 5 nitrogen and oxygen atoms in total. The summed E-state index contributed by atoms with van der Waals surface area (Å²) in [5, 5.41) is 11.8. The van der Waals surface area contributed by atoms with E-state index in [1.165, 1.54) is 12.1 Å². The molecule has 3 aromatic rings. The van der Waals surface area contributed by atoms with Crippen LogP contribution in [0.15, 0.2) is 40.8 Å².